The van der Waals surface area contributed by atoms with Gasteiger partial charge < -0.3 is 9.64 Å². The van der Waals surface area contributed by atoms with E-state index in [2.05, 4.69) is 21.9 Å². The zero-order valence-corrected chi connectivity index (χ0v) is 15.4. The number of likely N-dealkylation sites (tertiary alicyclic amines) is 2. The van der Waals surface area contributed by atoms with Crippen LogP contribution in [0.1, 0.15) is 44.1 Å². The number of hydrogen-bond acceptors (Lipinski definition) is 3. The minimum atomic E-state index is -0.103. The zero-order chi connectivity index (χ0) is 17.3. The molecule has 1 aromatic carbocycles. The molecule has 0 unspecified atom stereocenters. The quantitative estimate of drug-likeness (QED) is 0.823. The molecule has 2 heterocycles. The van der Waals surface area contributed by atoms with E-state index in [9.17, 15) is 4.79 Å². The van der Waals surface area contributed by atoms with Crippen LogP contribution in [0.25, 0.3) is 0 Å². The van der Waals surface area contributed by atoms with Crippen molar-refractivity contribution >= 4 is 5.91 Å². The standard InChI is InChI=1S/C21H30N2O2/c1-25-19-8-6-18(7-9-19)14-22-13-11-21(16-22)10-3-12-23(20(21)24)15-17-4-2-5-17/h6-9,17H,2-5,10-16H2,1H3/t21-/m0/s1. The van der Waals surface area contributed by atoms with Crippen LogP contribution in [0.15, 0.2) is 24.3 Å². The molecule has 1 saturated carbocycles. The van der Waals surface area contributed by atoms with Crippen molar-refractivity contribution in [1.29, 1.82) is 0 Å². The number of carbonyl (C=O) groups is 1. The maximum Gasteiger partial charge on any atom is 0.230 e. The first kappa shape index (κ1) is 16.9. The van der Waals surface area contributed by atoms with E-state index in [1.165, 1.54) is 31.2 Å². The third kappa shape index (κ3) is 3.41. The highest BCUT2D eigenvalue weighted by molar-refractivity contribution is 5.84. The third-order valence-electron chi connectivity index (χ3n) is 6.53. The fourth-order valence-corrected chi connectivity index (χ4v) is 4.77. The van der Waals surface area contributed by atoms with Crippen molar-refractivity contribution in [3.63, 3.8) is 0 Å². The summed E-state index contributed by atoms with van der Waals surface area (Å²) in [6, 6.07) is 8.31. The van der Waals surface area contributed by atoms with Crippen molar-refractivity contribution in [3.05, 3.63) is 29.8 Å². The second kappa shape index (κ2) is 6.99. The molecule has 2 aliphatic heterocycles. The second-order valence-electron chi connectivity index (χ2n) is 8.24. The lowest BCUT2D eigenvalue weighted by Crippen LogP contribution is -2.51. The van der Waals surface area contributed by atoms with Crippen LogP contribution in [0.5, 0.6) is 5.75 Å². The molecule has 4 heteroatoms. The Hall–Kier alpha value is -1.55. The van der Waals surface area contributed by atoms with Gasteiger partial charge >= 0.3 is 0 Å². The van der Waals surface area contributed by atoms with Crippen LogP contribution in [0.2, 0.25) is 0 Å². The lowest BCUT2D eigenvalue weighted by molar-refractivity contribution is -0.146. The second-order valence-corrected chi connectivity index (χ2v) is 8.24. The molecule has 2 saturated heterocycles. The Balaban J connectivity index is 1.38. The van der Waals surface area contributed by atoms with Crippen molar-refractivity contribution in [2.45, 2.75) is 45.1 Å². The van der Waals surface area contributed by atoms with Gasteiger partial charge in [0.05, 0.1) is 12.5 Å². The van der Waals surface area contributed by atoms with Crippen LogP contribution in [-0.2, 0) is 11.3 Å². The number of carbonyl (C=O) groups excluding carboxylic acids is 1. The largest absolute Gasteiger partial charge is 0.497 e. The van der Waals surface area contributed by atoms with Crippen LogP contribution in [0, 0.1) is 11.3 Å². The number of benzene rings is 1. The maximum absolute atomic E-state index is 13.2. The summed E-state index contributed by atoms with van der Waals surface area (Å²) in [5.74, 6) is 2.12. The molecule has 0 bridgehead atoms. The molecule has 1 aliphatic carbocycles. The first-order valence-corrected chi connectivity index (χ1v) is 9.83. The molecule has 25 heavy (non-hydrogen) atoms. The Morgan fingerprint density at radius 1 is 1.12 bits per heavy atom. The Bertz CT molecular complexity index is 611. The van der Waals surface area contributed by atoms with E-state index in [-0.39, 0.29) is 5.41 Å². The first-order chi connectivity index (χ1) is 12.2. The van der Waals surface area contributed by atoms with Crippen LogP contribution in [-0.4, -0.2) is 49.0 Å². The average molecular weight is 342 g/mol. The van der Waals surface area contributed by atoms with Gasteiger partial charge in [-0.3, -0.25) is 9.69 Å². The van der Waals surface area contributed by atoms with Crippen molar-refractivity contribution in [3.8, 4) is 5.75 Å². The summed E-state index contributed by atoms with van der Waals surface area (Å²) in [7, 11) is 1.70. The summed E-state index contributed by atoms with van der Waals surface area (Å²) in [5, 5.41) is 0. The molecular weight excluding hydrogens is 312 g/mol. The third-order valence-corrected chi connectivity index (χ3v) is 6.53. The molecule has 1 atom stereocenters. The van der Waals surface area contributed by atoms with Crippen molar-refractivity contribution < 1.29 is 9.53 Å². The van der Waals surface area contributed by atoms with E-state index in [4.69, 9.17) is 4.74 Å². The summed E-state index contributed by atoms with van der Waals surface area (Å²) < 4.78 is 5.24. The van der Waals surface area contributed by atoms with Gasteiger partial charge in [0.1, 0.15) is 5.75 Å². The molecule has 3 fully saturated rings. The molecule has 1 amide bonds. The molecule has 3 aliphatic rings. The van der Waals surface area contributed by atoms with E-state index in [1.807, 2.05) is 12.1 Å². The monoisotopic (exact) mass is 342 g/mol. The van der Waals surface area contributed by atoms with Crippen LogP contribution >= 0.6 is 0 Å². The van der Waals surface area contributed by atoms with Gasteiger partial charge in [-0.15, -0.1) is 0 Å². The highest BCUT2D eigenvalue weighted by atomic mass is 16.5. The van der Waals surface area contributed by atoms with Gasteiger partial charge in [-0.25, -0.2) is 0 Å². The van der Waals surface area contributed by atoms with Crippen LogP contribution < -0.4 is 4.74 Å². The highest BCUT2D eigenvalue weighted by Crippen LogP contribution is 2.41. The SMILES string of the molecule is COc1ccc(CN2CC[C@@]3(CCCN(CC4CCC4)C3=O)C2)cc1. The van der Waals surface area contributed by atoms with Crippen LogP contribution in [0.4, 0.5) is 0 Å². The Morgan fingerprint density at radius 2 is 1.92 bits per heavy atom. The predicted octanol–water partition coefficient (Wildman–Crippen LogP) is 3.31. The molecule has 0 radical (unpaired) electrons. The van der Waals surface area contributed by atoms with Crippen molar-refractivity contribution in [1.82, 2.24) is 9.80 Å². The summed E-state index contributed by atoms with van der Waals surface area (Å²) in [6.07, 6.45) is 7.28. The average Bonchev–Trinajstić information content (AvgIpc) is 2.99. The van der Waals surface area contributed by atoms with Gasteiger partial charge in [-0.1, -0.05) is 18.6 Å². The number of rotatable bonds is 5. The summed E-state index contributed by atoms with van der Waals surface area (Å²) in [6.45, 7) is 4.89. The lowest BCUT2D eigenvalue weighted by Gasteiger charge is -2.42. The highest BCUT2D eigenvalue weighted by Gasteiger charge is 2.48. The smallest absolute Gasteiger partial charge is 0.230 e. The van der Waals surface area contributed by atoms with E-state index in [0.717, 1.165) is 57.2 Å². The minimum Gasteiger partial charge on any atom is -0.497 e. The number of piperidine rings is 1. The molecule has 4 nitrogen and oxygen atoms in total. The van der Waals surface area contributed by atoms with Crippen LogP contribution in [0.3, 0.4) is 0 Å². The predicted molar refractivity (Wildman–Crippen MR) is 98.5 cm³/mol. The normalized spacial score (nSPS) is 27.7. The summed E-state index contributed by atoms with van der Waals surface area (Å²) in [5.41, 5.74) is 1.20. The fourth-order valence-electron chi connectivity index (χ4n) is 4.77. The van der Waals surface area contributed by atoms with Gasteiger partial charge in [-0.05, 0) is 62.3 Å². The number of methoxy groups -OCH3 is 1. The van der Waals surface area contributed by atoms with Crippen molar-refractivity contribution in [2.24, 2.45) is 11.3 Å². The van der Waals surface area contributed by atoms with E-state index in [0.29, 0.717) is 5.91 Å². The van der Waals surface area contributed by atoms with Gasteiger partial charge in [0.2, 0.25) is 5.91 Å². The van der Waals surface area contributed by atoms with Gasteiger partial charge in [0, 0.05) is 26.2 Å². The molecule has 1 spiro atoms. The molecule has 0 N–H and O–H groups in total. The van der Waals surface area contributed by atoms with Gasteiger partial charge in [-0.2, -0.15) is 0 Å². The molecule has 136 valence electrons. The first-order valence-electron chi connectivity index (χ1n) is 9.83. The number of hydrogen-bond donors (Lipinski definition) is 0. The number of ether oxygens (including phenoxy) is 1. The molecular formula is C21H30N2O2. The molecule has 0 aromatic heterocycles. The molecule has 1 aromatic rings. The van der Waals surface area contributed by atoms with Crippen molar-refractivity contribution in [2.75, 3.05) is 33.3 Å². The van der Waals surface area contributed by atoms with E-state index in [1.54, 1.807) is 7.11 Å². The maximum atomic E-state index is 13.2. The summed E-state index contributed by atoms with van der Waals surface area (Å²) >= 11 is 0. The Kier molecular flexibility index (Phi) is 4.72. The van der Waals surface area contributed by atoms with E-state index >= 15 is 0 Å². The number of amides is 1. The van der Waals surface area contributed by atoms with Gasteiger partial charge in [0.15, 0.2) is 0 Å². The molecule has 4 rings (SSSR count). The lowest BCUT2D eigenvalue weighted by atomic mass is 9.77. The zero-order valence-electron chi connectivity index (χ0n) is 15.4. The Morgan fingerprint density at radius 3 is 2.60 bits per heavy atom. The van der Waals surface area contributed by atoms with E-state index < -0.39 is 0 Å². The fraction of sp³-hybridized carbons (Fsp3) is 0.667. The summed E-state index contributed by atoms with van der Waals surface area (Å²) in [4.78, 5) is 17.9. The minimum absolute atomic E-state index is 0.103. The number of nitrogens with zero attached hydrogens (tertiary/aromatic N) is 2. The van der Waals surface area contributed by atoms with Gasteiger partial charge in [0.25, 0.3) is 0 Å². The topological polar surface area (TPSA) is 32.8 Å². The Labute approximate surface area is 151 Å².